The van der Waals surface area contributed by atoms with Crippen molar-refractivity contribution in [1.29, 1.82) is 0 Å². The van der Waals surface area contributed by atoms with Crippen molar-refractivity contribution in [1.82, 2.24) is 9.96 Å². The van der Waals surface area contributed by atoms with Crippen LogP contribution in [0.5, 0.6) is 0 Å². The van der Waals surface area contributed by atoms with Crippen LogP contribution in [-0.4, -0.2) is 53.6 Å². The first-order chi connectivity index (χ1) is 10.8. The average Bonchev–Trinajstić information content (AvgIpc) is 3.05. The molecule has 23 heavy (non-hydrogen) atoms. The third-order valence-electron chi connectivity index (χ3n) is 3.72. The van der Waals surface area contributed by atoms with E-state index in [9.17, 15) is 18.0 Å². The lowest BCUT2D eigenvalue weighted by Crippen LogP contribution is -2.49. The Morgan fingerprint density at radius 1 is 1.30 bits per heavy atom. The third-order valence-corrected chi connectivity index (χ3v) is 4.06. The largest absolute Gasteiger partial charge is 0.459 e. The Kier molecular flexibility index (Phi) is 3.96. The van der Waals surface area contributed by atoms with Crippen molar-refractivity contribution in [2.24, 2.45) is 0 Å². The van der Waals surface area contributed by atoms with Gasteiger partial charge in [-0.25, -0.2) is 9.59 Å². The number of ether oxygens (including phenoxy) is 1. The number of nitrogens with zero attached hydrogens (tertiary/aromatic N) is 2. The Labute approximate surface area is 132 Å². The van der Waals surface area contributed by atoms with Gasteiger partial charge in [0.05, 0.1) is 6.04 Å². The molecule has 0 spiro atoms. The second-order valence-electron chi connectivity index (χ2n) is 5.26. The molecule has 2 unspecified atom stereocenters. The molecule has 3 rings (SSSR count). The van der Waals surface area contributed by atoms with Crippen LogP contribution < -0.4 is 0 Å². The number of benzene rings is 1. The number of fused-ring (bicyclic) bond motifs is 2. The highest BCUT2D eigenvalue weighted by atomic mass is 32.3. The lowest BCUT2D eigenvalue weighted by atomic mass is 10.1. The number of carbonyl (C=O) groups excluding carboxylic acids is 2. The minimum Gasteiger partial charge on any atom is -0.459 e. The smallest absolute Gasteiger partial charge is 0.418 e. The number of hydroxylamine groups is 2. The predicted molar refractivity (Wildman–Crippen MR) is 75.0 cm³/mol. The SMILES string of the molecule is O=C(OCc1ccccc1)C1CC2CN1C(=O)N2OS(=O)(=O)O. The van der Waals surface area contributed by atoms with Crippen LogP contribution in [0, 0.1) is 0 Å². The van der Waals surface area contributed by atoms with Gasteiger partial charge in [0.25, 0.3) is 0 Å². The van der Waals surface area contributed by atoms with Crippen molar-refractivity contribution < 1.29 is 31.6 Å². The van der Waals surface area contributed by atoms with Gasteiger partial charge in [-0.3, -0.25) is 4.55 Å². The maximum atomic E-state index is 12.1. The van der Waals surface area contributed by atoms with Crippen LogP contribution in [0.15, 0.2) is 30.3 Å². The highest BCUT2D eigenvalue weighted by Gasteiger charge is 2.53. The van der Waals surface area contributed by atoms with Crippen LogP contribution in [0.1, 0.15) is 12.0 Å². The van der Waals surface area contributed by atoms with E-state index in [1.165, 1.54) is 4.90 Å². The molecule has 10 heteroatoms. The third kappa shape index (κ3) is 3.28. The zero-order chi connectivity index (χ0) is 16.6. The molecule has 2 bridgehead atoms. The minimum absolute atomic E-state index is 0.0914. The first-order valence-corrected chi connectivity index (χ1v) is 8.19. The van der Waals surface area contributed by atoms with Crippen LogP contribution >= 0.6 is 0 Å². The summed E-state index contributed by atoms with van der Waals surface area (Å²) < 4.78 is 39.5. The Morgan fingerprint density at radius 2 is 2.00 bits per heavy atom. The van der Waals surface area contributed by atoms with Gasteiger partial charge in [-0.15, -0.1) is 4.28 Å². The molecule has 2 atom stereocenters. The summed E-state index contributed by atoms with van der Waals surface area (Å²) in [5, 5.41) is 0.566. The molecular weight excluding hydrogens is 328 g/mol. The van der Waals surface area contributed by atoms with Gasteiger partial charge < -0.3 is 9.64 Å². The standard InChI is InChI=1S/C13H14N2O7S/c16-12(21-8-9-4-2-1-3-5-9)11-6-10-7-14(11)13(17)15(10)22-23(18,19)20/h1-5,10-11H,6-8H2,(H,18,19,20). The first-order valence-electron chi connectivity index (χ1n) is 6.82. The van der Waals surface area contributed by atoms with Crippen LogP contribution in [0.3, 0.4) is 0 Å². The number of hydrogen-bond donors (Lipinski definition) is 1. The molecule has 2 saturated heterocycles. The van der Waals surface area contributed by atoms with Crippen molar-refractivity contribution in [3.8, 4) is 0 Å². The van der Waals surface area contributed by atoms with Gasteiger partial charge in [-0.1, -0.05) is 30.3 Å². The molecule has 0 aliphatic carbocycles. The van der Waals surface area contributed by atoms with E-state index in [-0.39, 0.29) is 19.6 Å². The molecule has 1 N–H and O–H groups in total. The minimum atomic E-state index is -4.78. The van der Waals surface area contributed by atoms with E-state index in [0.717, 1.165) is 5.56 Å². The molecular formula is C13H14N2O7S. The lowest BCUT2D eigenvalue weighted by Gasteiger charge is -2.28. The monoisotopic (exact) mass is 342 g/mol. The summed E-state index contributed by atoms with van der Waals surface area (Å²) in [5.41, 5.74) is 0.821. The summed E-state index contributed by atoms with van der Waals surface area (Å²) in [7, 11) is -4.78. The van der Waals surface area contributed by atoms with Gasteiger partial charge >= 0.3 is 22.4 Å². The lowest BCUT2D eigenvalue weighted by molar-refractivity contribution is -0.151. The molecule has 0 saturated carbocycles. The molecule has 2 aliphatic heterocycles. The van der Waals surface area contributed by atoms with Crippen molar-refractivity contribution >= 4 is 22.4 Å². The summed E-state index contributed by atoms with van der Waals surface area (Å²) in [4.78, 5) is 25.3. The van der Waals surface area contributed by atoms with Crippen molar-refractivity contribution in [2.75, 3.05) is 6.54 Å². The van der Waals surface area contributed by atoms with E-state index in [0.29, 0.717) is 5.06 Å². The number of rotatable bonds is 5. The van der Waals surface area contributed by atoms with Gasteiger partial charge in [-0.2, -0.15) is 13.5 Å². The molecule has 2 fully saturated rings. The fourth-order valence-electron chi connectivity index (χ4n) is 2.72. The van der Waals surface area contributed by atoms with Gasteiger partial charge in [0, 0.05) is 13.0 Å². The summed E-state index contributed by atoms with van der Waals surface area (Å²) in [5.74, 6) is -0.559. The predicted octanol–water partition coefficient (Wildman–Crippen LogP) is 0.343. The normalized spacial score (nSPS) is 23.4. The molecule has 2 heterocycles. The number of esters is 1. The summed E-state index contributed by atoms with van der Waals surface area (Å²) in [6.45, 7) is 0.230. The van der Waals surface area contributed by atoms with Gasteiger partial charge in [0.1, 0.15) is 12.6 Å². The second kappa shape index (κ2) is 5.80. The van der Waals surface area contributed by atoms with Gasteiger partial charge in [-0.05, 0) is 5.56 Å². The first kappa shape index (κ1) is 15.7. The Hall–Kier alpha value is -2.17. The molecule has 9 nitrogen and oxygen atoms in total. The molecule has 0 aromatic heterocycles. The van der Waals surface area contributed by atoms with E-state index in [4.69, 9.17) is 9.29 Å². The number of amides is 2. The van der Waals surface area contributed by atoms with Crippen molar-refractivity contribution in [3.63, 3.8) is 0 Å². The second-order valence-corrected chi connectivity index (χ2v) is 6.27. The van der Waals surface area contributed by atoms with E-state index in [1.807, 2.05) is 18.2 Å². The number of hydrogen-bond acceptors (Lipinski definition) is 6. The van der Waals surface area contributed by atoms with E-state index in [2.05, 4.69) is 4.28 Å². The maximum absolute atomic E-state index is 12.1. The highest BCUT2D eigenvalue weighted by Crippen LogP contribution is 2.32. The maximum Gasteiger partial charge on any atom is 0.418 e. The topological polar surface area (TPSA) is 113 Å². The van der Waals surface area contributed by atoms with E-state index >= 15 is 0 Å². The highest BCUT2D eigenvalue weighted by molar-refractivity contribution is 7.80. The molecule has 2 amide bonds. The van der Waals surface area contributed by atoms with Crippen molar-refractivity contribution in [3.05, 3.63) is 35.9 Å². The van der Waals surface area contributed by atoms with E-state index < -0.39 is 34.5 Å². The average molecular weight is 342 g/mol. The van der Waals surface area contributed by atoms with E-state index in [1.54, 1.807) is 12.1 Å². The number of urea groups is 1. The number of carbonyl (C=O) groups is 2. The van der Waals surface area contributed by atoms with Gasteiger partial charge in [0.2, 0.25) is 0 Å². The summed E-state index contributed by atoms with van der Waals surface area (Å²) >= 11 is 0. The fourth-order valence-corrected chi connectivity index (χ4v) is 3.11. The Bertz CT molecular complexity index is 721. The zero-order valence-corrected chi connectivity index (χ0v) is 12.7. The summed E-state index contributed by atoms with van der Waals surface area (Å²) in [6.07, 6.45) is 0.175. The van der Waals surface area contributed by atoms with Crippen molar-refractivity contribution in [2.45, 2.75) is 25.1 Å². The molecule has 124 valence electrons. The Morgan fingerprint density at radius 3 is 2.61 bits per heavy atom. The Balaban J connectivity index is 1.60. The molecule has 1 aromatic carbocycles. The van der Waals surface area contributed by atoms with Crippen LogP contribution in [0.4, 0.5) is 4.79 Å². The summed E-state index contributed by atoms with van der Waals surface area (Å²) in [6, 6.07) is 6.89. The van der Waals surface area contributed by atoms with Crippen LogP contribution in [0.25, 0.3) is 0 Å². The molecule has 1 aromatic rings. The zero-order valence-electron chi connectivity index (χ0n) is 11.9. The fraction of sp³-hybridized carbons (Fsp3) is 0.385. The van der Waals surface area contributed by atoms with Crippen LogP contribution in [0.2, 0.25) is 0 Å². The quantitative estimate of drug-likeness (QED) is 0.606. The van der Waals surface area contributed by atoms with Gasteiger partial charge in [0.15, 0.2) is 0 Å². The molecule has 0 radical (unpaired) electrons. The molecule has 2 aliphatic rings. The van der Waals surface area contributed by atoms with Crippen LogP contribution in [-0.2, 0) is 30.8 Å².